The number of hydrogen-bond donors (Lipinski definition) is 1. The molecule has 3 nitrogen and oxygen atoms in total. The van der Waals surface area contributed by atoms with Crippen molar-refractivity contribution in [1.29, 1.82) is 0 Å². The van der Waals surface area contributed by atoms with E-state index in [1.807, 2.05) is 54.6 Å². The van der Waals surface area contributed by atoms with Crippen LogP contribution in [0.3, 0.4) is 0 Å². The first-order chi connectivity index (χ1) is 10.7. The summed E-state index contributed by atoms with van der Waals surface area (Å²) in [6.45, 7) is 5.05. The maximum Gasteiger partial charge on any atom is 0.187 e. The van der Waals surface area contributed by atoms with Gasteiger partial charge in [-0.2, -0.15) is 0 Å². The standard InChI is InChI=1S/C19H21NO2/c1-13(2)12-20-17-18(21)15-10-6-7-11-16(15)22-19(17)14-8-4-3-5-9-14/h3-11,13,17,19-20H,12H2,1-2H3/t17-,19+/m0/s1. The maximum atomic E-state index is 12.9. The molecule has 0 saturated heterocycles. The van der Waals surface area contributed by atoms with Gasteiger partial charge < -0.3 is 10.1 Å². The van der Waals surface area contributed by atoms with Gasteiger partial charge in [-0.15, -0.1) is 0 Å². The first-order valence-corrected chi connectivity index (χ1v) is 7.75. The molecule has 114 valence electrons. The van der Waals surface area contributed by atoms with Crippen LogP contribution in [0, 0.1) is 5.92 Å². The molecule has 0 radical (unpaired) electrons. The van der Waals surface area contributed by atoms with Gasteiger partial charge in [0.05, 0.1) is 5.56 Å². The minimum absolute atomic E-state index is 0.108. The minimum Gasteiger partial charge on any atom is -0.483 e. The predicted molar refractivity (Wildman–Crippen MR) is 87.2 cm³/mol. The Morgan fingerprint density at radius 2 is 1.73 bits per heavy atom. The number of carbonyl (C=O) groups excluding carboxylic acids is 1. The van der Waals surface area contributed by atoms with Gasteiger partial charge in [0.15, 0.2) is 5.78 Å². The second-order valence-electron chi connectivity index (χ2n) is 6.09. The van der Waals surface area contributed by atoms with Gasteiger partial charge in [0.2, 0.25) is 0 Å². The van der Waals surface area contributed by atoms with E-state index in [9.17, 15) is 4.79 Å². The average Bonchev–Trinajstić information content (AvgIpc) is 2.54. The second-order valence-corrected chi connectivity index (χ2v) is 6.09. The van der Waals surface area contributed by atoms with E-state index in [1.54, 1.807) is 0 Å². The van der Waals surface area contributed by atoms with Crippen LogP contribution in [0.2, 0.25) is 0 Å². The van der Waals surface area contributed by atoms with Gasteiger partial charge >= 0.3 is 0 Å². The van der Waals surface area contributed by atoms with Crippen molar-refractivity contribution in [3.8, 4) is 5.75 Å². The van der Waals surface area contributed by atoms with Crippen LogP contribution in [-0.2, 0) is 0 Å². The van der Waals surface area contributed by atoms with E-state index in [-0.39, 0.29) is 17.9 Å². The van der Waals surface area contributed by atoms with E-state index in [0.29, 0.717) is 17.2 Å². The van der Waals surface area contributed by atoms with Gasteiger partial charge in [0.1, 0.15) is 17.9 Å². The van der Waals surface area contributed by atoms with E-state index >= 15 is 0 Å². The summed E-state index contributed by atoms with van der Waals surface area (Å²) in [7, 11) is 0. The van der Waals surface area contributed by atoms with Crippen LogP contribution in [-0.4, -0.2) is 18.4 Å². The highest BCUT2D eigenvalue weighted by molar-refractivity contribution is 6.03. The lowest BCUT2D eigenvalue weighted by Crippen LogP contribution is -2.47. The molecule has 0 amide bonds. The molecule has 3 rings (SSSR count). The zero-order chi connectivity index (χ0) is 15.5. The average molecular weight is 295 g/mol. The number of carbonyl (C=O) groups is 1. The first-order valence-electron chi connectivity index (χ1n) is 7.75. The van der Waals surface area contributed by atoms with Gasteiger partial charge in [-0.1, -0.05) is 56.3 Å². The molecular formula is C19H21NO2. The number of nitrogens with one attached hydrogen (secondary N) is 1. The van der Waals surface area contributed by atoms with Crippen LogP contribution < -0.4 is 10.1 Å². The summed E-state index contributed by atoms with van der Waals surface area (Å²) in [6.07, 6.45) is -0.289. The molecule has 0 aromatic heterocycles. The van der Waals surface area contributed by atoms with E-state index in [0.717, 1.165) is 12.1 Å². The number of hydrogen-bond acceptors (Lipinski definition) is 3. The monoisotopic (exact) mass is 295 g/mol. The predicted octanol–water partition coefficient (Wildman–Crippen LogP) is 3.62. The van der Waals surface area contributed by atoms with Crippen molar-refractivity contribution in [2.45, 2.75) is 26.0 Å². The van der Waals surface area contributed by atoms with Crippen molar-refractivity contribution in [3.63, 3.8) is 0 Å². The third kappa shape index (κ3) is 2.90. The van der Waals surface area contributed by atoms with Crippen LogP contribution >= 0.6 is 0 Å². The Hall–Kier alpha value is -2.13. The summed E-state index contributed by atoms with van der Waals surface area (Å²) < 4.78 is 6.15. The Morgan fingerprint density at radius 3 is 2.45 bits per heavy atom. The normalized spacial score (nSPS) is 20.6. The lowest BCUT2D eigenvalue weighted by molar-refractivity contribution is 0.0730. The van der Waals surface area contributed by atoms with Gasteiger partial charge in [-0.3, -0.25) is 4.79 Å². The summed E-state index contributed by atoms with van der Waals surface area (Å²) in [6, 6.07) is 17.1. The molecule has 2 aromatic rings. The number of para-hydroxylation sites is 1. The fourth-order valence-electron chi connectivity index (χ4n) is 2.75. The first kappa shape index (κ1) is 14.8. The number of rotatable bonds is 4. The minimum atomic E-state index is -0.348. The van der Waals surface area contributed by atoms with Crippen LogP contribution in [0.1, 0.15) is 35.9 Å². The molecule has 1 aliphatic rings. The molecule has 1 heterocycles. The molecule has 3 heteroatoms. The van der Waals surface area contributed by atoms with Gasteiger partial charge in [-0.25, -0.2) is 0 Å². The molecular weight excluding hydrogens is 274 g/mol. The second kappa shape index (κ2) is 6.32. The quantitative estimate of drug-likeness (QED) is 0.936. The van der Waals surface area contributed by atoms with Crippen molar-refractivity contribution in [3.05, 3.63) is 65.7 Å². The van der Waals surface area contributed by atoms with Gasteiger partial charge in [0.25, 0.3) is 0 Å². The number of fused-ring (bicyclic) bond motifs is 1. The van der Waals surface area contributed by atoms with Gasteiger partial charge in [0, 0.05) is 0 Å². The van der Waals surface area contributed by atoms with E-state index in [2.05, 4.69) is 19.2 Å². The summed E-state index contributed by atoms with van der Waals surface area (Å²) >= 11 is 0. The maximum absolute atomic E-state index is 12.9. The molecule has 0 unspecified atom stereocenters. The molecule has 1 aliphatic heterocycles. The molecule has 1 N–H and O–H groups in total. The van der Waals surface area contributed by atoms with Crippen LogP contribution in [0.25, 0.3) is 0 Å². The number of ether oxygens (including phenoxy) is 1. The summed E-state index contributed by atoms with van der Waals surface area (Å²) in [4.78, 5) is 12.9. The highest BCUT2D eigenvalue weighted by Gasteiger charge is 2.37. The molecule has 0 spiro atoms. The van der Waals surface area contributed by atoms with Crippen molar-refractivity contribution in [1.82, 2.24) is 5.32 Å². The van der Waals surface area contributed by atoms with Crippen molar-refractivity contribution in [2.24, 2.45) is 5.92 Å². The summed E-state index contributed by atoms with van der Waals surface area (Å²) in [5.41, 5.74) is 1.68. The lowest BCUT2D eigenvalue weighted by Gasteiger charge is -2.33. The SMILES string of the molecule is CC(C)CN[C@H]1C(=O)c2ccccc2O[C@@H]1c1ccccc1. The third-order valence-electron chi connectivity index (χ3n) is 3.87. The summed E-state index contributed by atoms with van der Waals surface area (Å²) in [5.74, 6) is 1.25. The van der Waals surface area contributed by atoms with E-state index in [4.69, 9.17) is 4.74 Å². The Labute approximate surface area is 131 Å². The highest BCUT2D eigenvalue weighted by Crippen LogP contribution is 2.34. The van der Waals surface area contributed by atoms with Crippen molar-refractivity contribution < 1.29 is 9.53 Å². The molecule has 2 aromatic carbocycles. The fraction of sp³-hybridized carbons (Fsp3) is 0.316. The van der Waals surface area contributed by atoms with Crippen molar-refractivity contribution in [2.75, 3.05) is 6.54 Å². The lowest BCUT2D eigenvalue weighted by atomic mass is 9.91. The van der Waals surface area contributed by atoms with E-state index in [1.165, 1.54) is 0 Å². The van der Waals surface area contributed by atoms with E-state index < -0.39 is 0 Å². The molecule has 0 bridgehead atoms. The smallest absolute Gasteiger partial charge is 0.187 e. The summed E-state index contributed by atoms with van der Waals surface area (Å²) in [5, 5.41) is 3.39. The number of Topliss-reactive ketones (excluding diaryl/α,β-unsaturated/α-hetero) is 1. The fourth-order valence-corrected chi connectivity index (χ4v) is 2.75. The largest absolute Gasteiger partial charge is 0.483 e. The van der Waals surface area contributed by atoms with Crippen LogP contribution in [0.5, 0.6) is 5.75 Å². The highest BCUT2D eigenvalue weighted by atomic mass is 16.5. The number of benzene rings is 2. The Bertz CT molecular complexity index is 651. The zero-order valence-electron chi connectivity index (χ0n) is 13.0. The Balaban J connectivity index is 1.97. The Morgan fingerprint density at radius 1 is 1.05 bits per heavy atom. The zero-order valence-corrected chi connectivity index (χ0v) is 13.0. The molecule has 22 heavy (non-hydrogen) atoms. The molecule has 0 aliphatic carbocycles. The molecule has 2 atom stereocenters. The van der Waals surface area contributed by atoms with Crippen LogP contribution in [0.4, 0.5) is 0 Å². The topological polar surface area (TPSA) is 38.3 Å². The van der Waals surface area contributed by atoms with Crippen molar-refractivity contribution >= 4 is 5.78 Å². The Kier molecular flexibility index (Phi) is 4.25. The number of ketones is 1. The third-order valence-corrected chi connectivity index (χ3v) is 3.87. The molecule has 0 fully saturated rings. The molecule has 0 saturated carbocycles. The van der Waals surface area contributed by atoms with Crippen LogP contribution in [0.15, 0.2) is 54.6 Å². The van der Waals surface area contributed by atoms with Gasteiger partial charge in [-0.05, 0) is 30.2 Å².